The highest BCUT2D eigenvalue weighted by atomic mass is 16.5. The second-order valence-electron chi connectivity index (χ2n) is 5.90. The number of unbranched alkanes of at least 4 members (excludes halogenated alkanes) is 1. The van der Waals surface area contributed by atoms with Gasteiger partial charge in [0.05, 0.1) is 12.0 Å². The van der Waals surface area contributed by atoms with Crippen molar-refractivity contribution < 1.29 is 9.53 Å². The Kier molecular flexibility index (Phi) is 5.64. The Balaban J connectivity index is 1.92. The Labute approximate surface area is 116 Å². The van der Waals surface area contributed by atoms with Gasteiger partial charge in [0.25, 0.3) is 0 Å². The first kappa shape index (κ1) is 14.8. The molecular weight excluding hydrogens is 240 g/mol. The molecule has 0 aromatic heterocycles. The molecule has 0 aromatic rings. The van der Waals surface area contributed by atoms with Crippen molar-refractivity contribution in [1.29, 1.82) is 0 Å². The van der Waals surface area contributed by atoms with Gasteiger partial charge in [0.1, 0.15) is 0 Å². The third kappa shape index (κ3) is 3.93. The molecule has 2 rings (SSSR count). The number of ether oxygens (including phenoxy) is 1. The maximum absolute atomic E-state index is 12.7. The van der Waals surface area contributed by atoms with Crippen LogP contribution < -0.4 is 5.32 Å². The number of amides is 1. The summed E-state index contributed by atoms with van der Waals surface area (Å²) in [6.07, 6.45) is 5.66. The Morgan fingerprint density at radius 1 is 1.42 bits per heavy atom. The second kappa shape index (κ2) is 7.25. The molecule has 0 aromatic carbocycles. The average Bonchev–Trinajstić information content (AvgIpc) is 3.05. The van der Waals surface area contributed by atoms with Crippen molar-refractivity contribution in [2.45, 2.75) is 58.1 Å². The number of hydrogen-bond acceptors (Lipinski definition) is 3. The largest absolute Gasteiger partial charge is 0.378 e. The highest BCUT2D eigenvalue weighted by Gasteiger charge is 2.34. The van der Waals surface area contributed by atoms with Crippen LogP contribution in [-0.2, 0) is 9.53 Å². The summed E-state index contributed by atoms with van der Waals surface area (Å²) in [4.78, 5) is 14.8. The SMILES string of the molecule is CCCCN(CC1CCCN1)C(=O)C1CCOC1C. The molecule has 2 aliphatic rings. The predicted octanol–water partition coefficient (Wildman–Crippen LogP) is 1.79. The Hall–Kier alpha value is -0.610. The van der Waals surface area contributed by atoms with Gasteiger partial charge in [-0.25, -0.2) is 0 Å². The summed E-state index contributed by atoms with van der Waals surface area (Å²) in [6.45, 7) is 7.82. The van der Waals surface area contributed by atoms with Gasteiger partial charge in [-0.3, -0.25) is 4.79 Å². The maximum atomic E-state index is 12.7. The second-order valence-corrected chi connectivity index (χ2v) is 5.90. The van der Waals surface area contributed by atoms with E-state index in [0.717, 1.165) is 45.5 Å². The molecule has 0 saturated carbocycles. The lowest BCUT2D eigenvalue weighted by Crippen LogP contribution is -2.45. The van der Waals surface area contributed by atoms with Gasteiger partial charge < -0.3 is 15.0 Å². The van der Waals surface area contributed by atoms with Crippen molar-refractivity contribution in [2.24, 2.45) is 5.92 Å². The lowest BCUT2D eigenvalue weighted by atomic mass is 10.0. The molecule has 0 spiro atoms. The molecule has 0 radical (unpaired) electrons. The summed E-state index contributed by atoms with van der Waals surface area (Å²) in [6, 6.07) is 0.499. The average molecular weight is 268 g/mol. The van der Waals surface area contributed by atoms with Crippen LogP contribution in [0.5, 0.6) is 0 Å². The van der Waals surface area contributed by atoms with Crippen LogP contribution in [0.1, 0.15) is 46.0 Å². The van der Waals surface area contributed by atoms with Crippen molar-refractivity contribution in [2.75, 3.05) is 26.2 Å². The fourth-order valence-electron chi connectivity index (χ4n) is 3.11. The van der Waals surface area contributed by atoms with Crippen molar-refractivity contribution in [3.8, 4) is 0 Å². The van der Waals surface area contributed by atoms with Gasteiger partial charge in [0.15, 0.2) is 0 Å². The number of hydrogen-bond donors (Lipinski definition) is 1. The number of carbonyl (C=O) groups excluding carboxylic acids is 1. The Morgan fingerprint density at radius 2 is 2.26 bits per heavy atom. The molecule has 19 heavy (non-hydrogen) atoms. The van der Waals surface area contributed by atoms with Crippen LogP contribution >= 0.6 is 0 Å². The molecule has 3 unspecified atom stereocenters. The van der Waals surface area contributed by atoms with Crippen LogP contribution in [0.15, 0.2) is 0 Å². The summed E-state index contributed by atoms with van der Waals surface area (Å²) in [7, 11) is 0. The first-order valence-corrected chi connectivity index (χ1v) is 7.86. The summed E-state index contributed by atoms with van der Waals surface area (Å²) < 4.78 is 5.55. The van der Waals surface area contributed by atoms with Crippen LogP contribution in [0, 0.1) is 5.92 Å². The van der Waals surface area contributed by atoms with E-state index in [-0.39, 0.29) is 12.0 Å². The molecule has 1 N–H and O–H groups in total. The molecule has 2 fully saturated rings. The molecule has 1 amide bonds. The number of nitrogens with zero attached hydrogens (tertiary/aromatic N) is 1. The Morgan fingerprint density at radius 3 is 2.84 bits per heavy atom. The minimum atomic E-state index is 0.0817. The van der Waals surface area contributed by atoms with E-state index < -0.39 is 0 Å². The fraction of sp³-hybridized carbons (Fsp3) is 0.933. The van der Waals surface area contributed by atoms with Gasteiger partial charge >= 0.3 is 0 Å². The molecule has 4 heteroatoms. The van der Waals surface area contributed by atoms with E-state index in [9.17, 15) is 4.79 Å². The molecule has 0 aliphatic carbocycles. The normalized spacial score (nSPS) is 30.7. The third-order valence-corrected chi connectivity index (χ3v) is 4.39. The molecule has 0 bridgehead atoms. The molecule has 110 valence electrons. The summed E-state index contributed by atoms with van der Waals surface area (Å²) in [5, 5.41) is 3.50. The lowest BCUT2D eigenvalue weighted by molar-refractivity contribution is -0.137. The van der Waals surface area contributed by atoms with Gasteiger partial charge in [-0.1, -0.05) is 13.3 Å². The molecule has 4 nitrogen and oxygen atoms in total. The number of nitrogens with one attached hydrogen (secondary N) is 1. The fourth-order valence-corrected chi connectivity index (χ4v) is 3.11. The van der Waals surface area contributed by atoms with E-state index >= 15 is 0 Å². The monoisotopic (exact) mass is 268 g/mol. The van der Waals surface area contributed by atoms with E-state index in [4.69, 9.17) is 4.74 Å². The first-order valence-electron chi connectivity index (χ1n) is 7.86. The first-order chi connectivity index (χ1) is 9.22. The zero-order valence-corrected chi connectivity index (χ0v) is 12.4. The van der Waals surface area contributed by atoms with E-state index in [1.54, 1.807) is 0 Å². The Bertz CT molecular complexity index is 290. The quantitative estimate of drug-likeness (QED) is 0.798. The summed E-state index contributed by atoms with van der Waals surface area (Å²) >= 11 is 0. The van der Waals surface area contributed by atoms with E-state index in [1.807, 2.05) is 6.92 Å². The molecule has 2 aliphatic heterocycles. The van der Waals surface area contributed by atoms with Crippen LogP contribution in [0.4, 0.5) is 0 Å². The zero-order valence-electron chi connectivity index (χ0n) is 12.4. The van der Waals surface area contributed by atoms with Gasteiger partial charge in [-0.05, 0) is 39.2 Å². The van der Waals surface area contributed by atoms with Crippen molar-refractivity contribution in [3.63, 3.8) is 0 Å². The maximum Gasteiger partial charge on any atom is 0.228 e. The van der Waals surface area contributed by atoms with E-state index in [2.05, 4.69) is 17.1 Å². The summed E-state index contributed by atoms with van der Waals surface area (Å²) in [5.74, 6) is 0.394. The lowest BCUT2D eigenvalue weighted by Gasteiger charge is -2.29. The zero-order chi connectivity index (χ0) is 13.7. The van der Waals surface area contributed by atoms with Gasteiger partial charge in [-0.15, -0.1) is 0 Å². The van der Waals surface area contributed by atoms with Crippen LogP contribution in [0.3, 0.4) is 0 Å². The van der Waals surface area contributed by atoms with Crippen molar-refractivity contribution in [3.05, 3.63) is 0 Å². The standard InChI is InChI=1S/C15H28N2O2/c1-3-4-9-17(11-13-6-5-8-16-13)15(18)14-7-10-19-12(14)2/h12-14,16H,3-11H2,1-2H3. The molecule has 2 saturated heterocycles. The minimum absolute atomic E-state index is 0.0817. The van der Waals surface area contributed by atoms with E-state index in [1.165, 1.54) is 12.8 Å². The van der Waals surface area contributed by atoms with Gasteiger partial charge in [0, 0.05) is 25.7 Å². The van der Waals surface area contributed by atoms with Crippen LogP contribution in [0.25, 0.3) is 0 Å². The smallest absolute Gasteiger partial charge is 0.228 e. The third-order valence-electron chi connectivity index (χ3n) is 4.39. The van der Waals surface area contributed by atoms with E-state index in [0.29, 0.717) is 11.9 Å². The van der Waals surface area contributed by atoms with Gasteiger partial charge in [0.2, 0.25) is 5.91 Å². The predicted molar refractivity (Wildman–Crippen MR) is 76.0 cm³/mol. The molecule has 2 heterocycles. The topological polar surface area (TPSA) is 41.6 Å². The number of carbonyl (C=O) groups is 1. The summed E-state index contributed by atoms with van der Waals surface area (Å²) in [5.41, 5.74) is 0. The highest BCUT2D eigenvalue weighted by molar-refractivity contribution is 5.79. The van der Waals surface area contributed by atoms with Crippen molar-refractivity contribution in [1.82, 2.24) is 10.2 Å². The molecular formula is C15H28N2O2. The van der Waals surface area contributed by atoms with Crippen LogP contribution in [-0.4, -0.2) is 49.2 Å². The highest BCUT2D eigenvalue weighted by Crippen LogP contribution is 2.23. The minimum Gasteiger partial charge on any atom is -0.378 e. The van der Waals surface area contributed by atoms with Crippen molar-refractivity contribution >= 4 is 5.91 Å². The molecule has 3 atom stereocenters. The number of rotatable bonds is 6. The van der Waals surface area contributed by atoms with Crippen LogP contribution in [0.2, 0.25) is 0 Å². The van der Waals surface area contributed by atoms with Gasteiger partial charge in [-0.2, -0.15) is 0 Å².